The maximum Gasteiger partial charge on any atom is 0.298 e. The number of benzene rings is 3. The lowest BCUT2D eigenvalue weighted by Crippen LogP contribution is -2.28. The SMILES string of the molecule is O=C(c1ccccc1)c1c(-c2ccccc2)[n+](=O)c2cc(F)c(F)cc2n1[O-]. The van der Waals surface area contributed by atoms with E-state index in [9.17, 15) is 23.7 Å². The minimum Gasteiger partial charge on any atom is -0.805 e. The van der Waals surface area contributed by atoms with Gasteiger partial charge in [-0.05, 0) is 12.1 Å². The predicted molar refractivity (Wildman–Crippen MR) is 99.3 cm³/mol. The van der Waals surface area contributed by atoms with Gasteiger partial charge >= 0.3 is 0 Å². The van der Waals surface area contributed by atoms with Gasteiger partial charge < -0.3 is 9.94 Å². The highest BCUT2D eigenvalue weighted by atomic mass is 19.2. The first-order valence-electron chi connectivity index (χ1n) is 8.32. The van der Waals surface area contributed by atoms with Crippen molar-refractivity contribution in [3.8, 4) is 11.3 Å². The third-order valence-electron chi connectivity index (χ3n) is 4.38. The van der Waals surface area contributed by atoms with Gasteiger partial charge in [-0.25, -0.2) is 8.78 Å². The molecule has 4 rings (SSSR count). The minimum absolute atomic E-state index is 0.184. The van der Waals surface area contributed by atoms with Crippen molar-refractivity contribution in [2.24, 2.45) is 0 Å². The van der Waals surface area contributed by atoms with Crippen LogP contribution in [0.1, 0.15) is 16.1 Å². The molecule has 5 nitrogen and oxygen atoms in total. The number of ketones is 1. The molecule has 0 spiro atoms. The summed E-state index contributed by atoms with van der Waals surface area (Å²) in [5.74, 6) is -3.26. The largest absolute Gasteiger partial charge is 0.805 e. The minimum atomic E-state index is -1.29. The van der Waals surface area contributed by atoms with Crippen LogP contribution in [0.5, 0.6) is 0 Å². The molecule has 0 radical (unpaired) electrons. The molecule has 0 saturated heterocycles. The van der Waals surface area contributed by atoms with Gasteiger partial charge in [-0.3, -0.25) is 4.79 Å². The van der Waals surface area contributed by atoms with E-state index in [4.69, 9.17) is 0 Å². The van der Waals surface area contributed by atoms with E-state index < -0.39 is 28.6 Å². The Labute approximate surface area is 157 Å². The number of hydrogen-bond acceptors (Lipinski definition) is 3. The number of rotatable bonds is 3. The summed E-state index contributed by atoms with van der Waals surface area (Å²) in [5.41, 5.74) is -1.03. The molecule has 0 aliphatic rings. The Bertz CT molecular complexity index is 1270. The Kier molecular flexibility index (Phi) is 4.19. The lowest BCUT2D eigenvalue weighted by atomic mass is 10.0. The molecule has 3 aromatic carbocycles. The number of halogens is 2. The molecule has 1 aromatic heterocycles. The maximum absolute atomic E-state index is 13.7. The summed E-state index contributed by atoms with van der Waals surface area (Å²) in [6.07, 6.45) is 0. The topological polar surface area (TPSA) is 68.0 Å². The standard InChI is InChI=1S/C21H12F2N2O3/c22-15-11-17-18(12-16(15)23)25(28)20(21(26)14-9-5-2-6-10-14)19(24(17)27)13-7-3-1-4-8-13/h1-12H. The van der Waals surface area contributed by atoms with Crippen molar-refractivity contribution < 1.29 is 18.0 Å². The average Bonchev–Trinajstić information content (AvgIpc) is 2.72. The second kappa shape index (κ2) is 6.70. The lowest BCUT2D eigenvalue weighted by Gasteiger charge is -2.18. The number of hydrogen-bond donors (Lipinski definition) is 0. The van der Waals surface area contributed by atoms with Crippen molar-refractivity contribution in [2.75, 3.05) is 0 Å². The first kappa shape index (κ1) is 17.5. The van der Waals surface area contributed by atoms with Crippen LogP contribution in [0.25, 0.3) is 22.3 Å². The summed E-state index contributed by atoms with van der Waals surface area (Å²) in [5, 5.41) is 13.0. The lowest BCUT2D eigenvalue weighted by molar-refractivity contribution is -0.452. The van der Waals surface area contributed by atoms with E-state index in [1.807, 2.05) is 0 Å². The van der Waals surface area contributed by atoms with Crippen molar-refractivity contribution >= 4 is 16.8 Å². The van der Waals surface area contributed by atoms with E-state index in [2.05, 4.69) is 0 Å². The molecule has 4 aromatic rings. The zero-order chi connectivity index (χ0) is 19.8. The number of carbonyl (C=O) groups is 1. The summed E-state index contributed by atoms with van der Waals surface area (Å²) in [6.45, 7) is 0. The Hall–Kier alpha value is -3.87. The quantitative estimate of drug-likeness (QED) is 0.399. The fourth-order valence-corrected chi connectivity index (χ4v) is 3.06. The van der Waals surface area contributed by atoms with Crippen molar-refractivity contribution in [3.63, 3.8) is 0 Å². The van der Waals surface area contributed by atoms with Gasteiger partial charge in [0, 0.05) is 16.5 Å². The molecule has 1 heterocycles. The van der Waals surface area contributed by atoms with Crippen LogP contribution in [-0.2, 0) is 0 Å². The summed E-state index contributed by atoms with van der Waals surface area (Å²) in [7, 11) is 0. The van der Waals surface area contributed by atoms with Gasteiger partial charge in [0.2, 0.25) is 5.78 Å². The monoisotopic (exact) mass is 378 g/mol. The van der Waals surface area contributed by atoms with E-state index >= 15 is 0 Å². The fraction of sp³-hybridized carbons (Fsp3) is 0. The summed E-state index contributed by atoms with van der Waals surface area (Å²) >= 11 is 0. The molecule has 0 atom stereocenters. The van der Waals surface area contributed by atoms with Crippen LogP contribution in [0.4, 0.5) is 8.78 Å². The molecule has 0 bridgehead atoms. The van der Waals surface area contributed by atoms with Crippen molar-refractivity contribution in [2.45, 2.75) is 0 Å². The molecule has 0 fully saturated rings. The van der Waals surface area contributed by atoms with Gasteiger partial charge in [-0.15, -0.1) is 0 Å². The molecule has 0 amide bonds. The van der Waals surface area contributed by atoms with Crippen molar-refractivity contribution in [1.82, 2.24) is 4.73 Å². The van der Waals surface area contributed by atoms with Crippen LogP contribution in [0, 0.1) is 21.7 Å². The zero-order valence-electron chi connectivity index (χ0n) is 14.3. The van der Waals surface area contributed by atoms with Crippen molar-refractivity contribution in [1.29, 1.82) is 0 Å². The van der Waals surface area contributed by atoms with Crippen LogP contribution >= 0.6 is 0 Å². The van der Waals surface area contributed by atoms with E-state index in [0.717, 1.165) is 0 Å². The highest BCUT2D eigenvalue weighted by Crippen LogP contribution is 2.26. The fourth-order valence-electron chi connectivity index (χ4n) is 3.06. The van der Waals surface area contributed by atoms with Crippen LogP contribution in [0.3, 0.4) is 0 Å². The average molecular weight is 378 g/mol. The summed E-state index contributed by atoms with van der Waals surface area (Å²) in [6, 6.07) is 17.3. The van der Waals surface area contributed by atoms with Gasteiger partial charge in [0.05, 0.1) is 16.1 Å². The molecule has 138 valence electrons. The summed E-state index contributed by atoms with van der Waals surface area (Å²) in [4.78, 5) is 26.1. The molecular formula is C21H12F2N2O3. The number of fused-ring (bicyclic) bond motifs is 1. The number of nitrogens with zero attached hydrogens (tertiary/aromatic N) is 2. The Morgan fingerprint density at radius 1 is 0.893 bits per heavy atom. The van der Waals surface area contributed by atoms with Gasteiger partial charge in [-0.2, -0.15) is 0 Å². The number of aromatic nitrogens is 2. The maximum atomic E-state index is 13.7. The Morgan fingerprint density at radius 2 is 1.46 bits per heavy atom. The van der Waals surface area contributed by atoms with Gasteiger partial charge in [0.25, 0.3) is 11.2 Å². The Morgan fingerprint density at radius 3 is 2.11 bits per heavy atom. The molecule has 0 aliphatic carbocycles. The Balaban J connectivity index is 2.15. The van der Waals surface area contributed by atoms with E-state index in [1.165, 1.54) is 12.1 Å². The van der Waals surface area contributed by atoms with E-state index in [0.29, 0.717) is 17.7 Å². The molecule has 0 unspecified atom stereocenters. The highest BCUT2D eigenvalue weighted by Gasteiger charge is 2.30. The smallest absolute Gasteiger partial charge is 0.298 e. The zero-order valence-corrected chi connectivity index (χ0v) is 14.3. The van der Waals surface area contributed by atoms with Crippen LogP contribution < -0.4 is 4.43 Å². The first-order chi connectivity index (χ1) is 13.5. The second-order valence-electron chi connectivity index (χ2n) is 6.10. The highest BCUT2D eigenvalue weighted by molar-refractivity contribution is 6.11. The van der Waals surface area contributed by atoms with E-state index in [1.54, 1.807) is 48.5 Å². The number of carbonyl (C=O) groups excluding carboxylic acids is 1. The predicted octanol–water partition coefficient (Wildman–Crippen LogP) is 4.08. The van der Waals surface area contributed by atoms with Crippen molar-refractivity contribution in [3.05, 3.63) is 106 Å². The molecule has 0 saturated carbocycles. The van der Waals surface area contributed by atoms with Gasteiger partial charge in [0.15, 0.2) is 17.3 Å². The first-order valence-corrected chi connectivity index (χ1v) is 8.32. The molecule has 0 N–H and O–H groups in total. The molecule has 0 aliphatic heterocycles. The van der Waals surface area contributed by atoms with Gasteiger partial charge in [0.1, 0.15) is 5.52 Å². The molecule has 28 heavy (non-hydrogen) atoms. The summed E-state index contributed by atoms with van der Waals surface area (Å²) < 4.78 is 27.9. The van der Waals surface area contributed by atoms with Crippen LogP contribution in [0.15, 0.2) is 72.8 Å². The normalized spacial score (nSPS) is 10.9. The van der Waals surface area contributed by atoms with E-state index in [-0.39, 0.29) is 25.9 Å². The third kappa shape index (κ3) is 2.73. The van der Waals surface area contributed by atoms with Crippen LogP contribution in [-0.4, -0.2) is 10.5 Å². The van der Waals surface area contributed by atoms with Gasteiger partial charge in [-0.1, -0.05) is 48.5 Å². The third-order valence-corrected chi connectivity index (χ3v) is 4.38. The molecular weight excluding hydrogens is 366 g/mol. The molecule has 7 heteroatoms. The second-order valence-corrected chi connectivity index (χ2v) is 6.10. The van der Waals surface area contributed by atoms with Crippen LogP contribution in [0.2, 0.25) is 0 Å².